The molecule has 1 atom stereocenters. The Bertz CT molecular complexity index is 524. The third-order valence-corrected chi connectivity index (χ3v) is 3.77. The summed E-state index contributed by atoms with van der Waals surface area (Å²) < 4.78 is 5.41. The minimum Gasteiger partial charge on any atom is -0.377 e. The molecule has 0 bridgehead atoms. The maximum atomic E-state index is 12.3. The minimum atomic E-state index is -0.437. The fraction of sp³-hybridized carbons (Fsp3) is 0.583. The maximum absolute atomic E-state index is 12.3. The van der Waals surface area contributed by atoms with E-state index in [1.807, 2.05) is 4.90 Å². The summed E-state index contributed by atoms with van der Waals surface area (Å²) in [6.07, 6.45) is 3.52. The van der Waals surface area contributed by atoms with Crippen molar-refractivity contribution in [3.05, 3.63) is 16.5 Å². The van der Waals surface area contributed by atoms with Crippen LogP contribution in [0.2, 0.25) is 10.3 Å². The number of ether oxygens (including phenoxy) is 1. The second-order valence-electron chi connectivity index (χ2n) is 4.88. The predicted octanol–water partition coefficient (Wildman–Crippen LogP) is 1.27. The number of rotatable bonds is 3. The number of nitrogens with zero attached hydrogens (tertiary/aromatic N) is 3. The number of aromatic nitrogens is 2. The molecule has 2 heterocycles. The van der Waals surface area contributed by atoms with E-state index in [0.29, 0.717) is 36.6 Å². The first kappa shape index (κ1) is 13.9. The Morgan fingerprint density at radius 3 is 3.00 bits per heavy atom. The molecule has 1 aromatic rings. The van der Waals surface area contributed by atoms with Crippen molar-refractivity contribution in [2.75, 3.05) is 24.7 Å². The summed E-state index contributed by atoms with van der Waals surface area (Å²) in [5.41, 5.74) is 0. The highest BCUT2D eigenvalue weighted by molar-refractivity contribution is 6.33. The molecular weight excluding hydrogens is 303 g/mol. The van der Waals surface area contributed by atoms with Gasteiger partial charge in [0.1, 0.15) is 11.1 Å². The van der Waals surface area contributed by atoms with Crippen LogP contribution in [0.5, 0.6) is 0 Å². The third-order valence-electron chi connectivity index (χ3n) is 3.32. The van der Waals surface area contributed by atoms with Gasteiger partial charge < -0.3 is 15.0 Å². The molecule has 1 unspecified atom stereocenters. The van der Waals surface area contributed by atoms with E-state index >= 15 is 0 Å². The summed E-state index contributed by atoms with van der Waals surface area (Å²) in [6.45, 7) is 1.37. The lowest BCUT2D eigenvalue weighted by atomic mass is 10.2. The lowest BCUT2D eigenvalue weighted by Crippen LogP contribution is -2.54. The van der Waals surface area contributed by atoms with Crippen LogP contribution in [0.4, 0.5) is 5.82 Å². The van der Waals surface area contributed by atoms with Crippen LogP contribution in [0.25, 0.3) is 0 Å². The quantitative estimate of drug-likeness (QED) is 0.850. The van der Waals surface area contributed by atoms with Crippen molar-refractivity contribution >= 4 is 34.9 Å². The molecule has 1 amide bonds. The van der Waals surface area contributed by atoms with Crippen LogP contribution in [-0.2, 0) is 9.53 Å². The first-order valence-corrected chi connectivity index (χ1v) is 7.23. The topological polar surface area (TPSA) is 67.3 Å². The summed E-state index contributed by atoms with van der Waals surface area (Å²) in [4.78, 5) is 22.1. The van der Waals surface area contributed by atoms with Gasteiger partial charge in [-0.1, -0.05) is 11.6 Å². The predicted molar refractivity (Wildman–Crippen MR) is 75.2 cm³/mol. The molecule has 0 spiro atoms. The second-order valence-corrected chi connectivity index (χ2v) is 5.62. The van der Waals surface area contributed by atoms with Crippen molar-refractivity contribution in [2.24, 2.45) is 0 Å². The Kier molecular flexibility index (Phi) is 3.96. The number of amides is 1. The van der Waals surface area contributed by atoms with Crippen LogP contribution < -0.4 is 10.2 Å². The van der Waals surface area contributed by atoms with Gasteiger partial charge in [-0.3, -0.25) is 4.79 Å². The fourth-order valence-electron chi connectivity index (χ4n) is 2.14. The molecule has 6 nitrogen and oxygen atoms in total. The lowest BCUT2D eigenvalue weighted by molar-refractivity contribution is -0.124. The standard InChI is InChI=1S/C12H14Cl2N4O2/c13-8-5-15-12(14)17-10(8)18-3-4-20-6-9(18)11(19)16-7-1-2-7/h5,7,9H,1-4,6H2,(H,16,19). The van der Waals surface area contributed by atoms with Gasteiger partial charge in [-0.25, -0.2) is 4.98 Å². The average molecular weight is 317 g/mol. The van der Waals surface area contributed by atoms with E-state index in [1.54, 1.807) is 0 Å². The van der Waals surface area contributed by atoms with Crippen molar-refractivity contribution < 1.29 is 9.53 Å². The van der Waals surface area contributed by atoms with Crippen LogP contribution in [0, 0.1) is 0 Å². The number of hydrogen-bond acceptors (Lipinski definition) is 5. The van der Waals surface area contributed by atoms with Gasteiger partial charge in [-0.15, -0.1) is 0 Å². The van der Waals surface area contributed by atoms with E-state index in [1.165, 1.54) is 6.20 Å². The molecule has 1 saturated carbocycles. The van der Waals surface area contributed by atoms with Crippen LogP contribution in [0.3, 0.4) is 0 Å². The van der Waals surface area contributed by atoms with E-state index in [9.17, 15) is 4.79 Å². The molecule has 1 saturated heterocycles. The molecule has 20 heavy (non-hydrogen) atoms. The smallest absolute Gasteiger partial charge is 0.245 e. The largest absolute Gasteiger partial charge is 0.377 e. The molecule has 1 aliphatic heterocycles. The number of carbonyl (C=O) groups is 1. The number of morpholine rings is 1. The van der Waals surface area contributed by atoms with Crippen molar-refractivity contribution in [3.63, 3.8) is 0 Å². The maximum Gasteiger partial charge on any atom is 0.245 e. The molecule has 2 fully saturated rings. The van der Waals surface area contributed by atoms with E-state index < -0.39 is 6.04 Å². The highest BCUT2D eigenvalue weighted by Gasteiger charge is 2.34. The lowest BCUT2D eigenvalue weighted by Gasteiger charge is -2.35. The highest BCUT2D eigenvalue weighted by Crippen LogP contribution is 2.27. The van der Waals surface area contributed by atoms with E-state index in [2.05, 4.69) is 15.3 Å². The number of halogens is 2. The van der Waals surface area contributed by atoms with Crippen molar-refractivity contribution in [3.8, 4) is 0 Å². The van der Waals surface area contributed by atoms with Gasteiger partial charge in [0.05, 0.1) is 19.4 Å². The van der Waals surface area contributed by atoms with Gasteiger partial charge >= 0.3 is 0 Å². The van der Waals surface area contributed by atoms with Crippen LogP contribution in [0.15, 0.2) is 6.20 Å². The molecule has 1 aromatic heterocycles. The molecule has 1 N–H and O–H groups in total. The third kappa shape index (κ3) is 2.97. The fourth-order valence-corrected chi connectivity index (χ4v) is 2.47. The normalized spacial score (nSPS) is 22.7. The van der Waals surface area contributed by atoms with E-state index in [-0.39, 0.29) is 11.2 Å². The van der Waals surface area contributed by atoms with E-state index in [0.717, 1.165) is 12.8 Å². The Hall–Kier alpha value is -1.11. The Morgan fingerprint density at radius 2 is 2.25 bits per heavy atom. The first-order valence-electron chi connectivity index (χ1n) is 6.48. The monoisotopic (exact) mass is 316 g/mol. The van der Waals surface area contributed by atoms with Gasteiger partial charge in [0.2, 0.25) is 11.2 Å². The summed E-state index contributed by atoms with van der Waals surface area (Å²) in [5.74, 6) is 0.420. The molecule has 0 radical (unpaired) electrons. The molecule has 8 heteroatoms. The summed E-state index contributed by atoms with van der Waals surface area (Å²) in [7, 11) is 0. The summed E-state index contributed by atoms with van der Waals surface area (Å²) >= 11 is 11.9. The summed E-state index contributed by atoms with van der Waals surface area (Å²) in [5, 5.41) is 3.46. The van der Waals surface area contributed by atoms with E-state index in [4.69, 9.17) is 27.9 Å². The zero-order valence-electron chi connectivity index (χ0n) is 10.7. The van der Waals surface area contributed by atoms with Crippen LogP contribution >= 0.6 is 23.2 Å². The SMILES string of the molecule is O=C(NC1CC1)C1COCCN1c1nc(Cl)ncc1Cl. The van der Waals surface area contributed by atoms with Gasteiger partial charge in [0.25, 0.3) is 0 Å². The van der Waals surface area contributed by atoms with Gasteiger partial charge in [-0.2, -0.15) is 4.98 Å². The highest BCUT2D eigenvalue weighted by atomic mass is 35.5. The molecular formula is C12H14Cl2N4O2. The molecule has 0 aromatic carbocycles. The Balaban J connectivity index is 1.83. The van der Waals surface area contributed by atoms with Crippen molar-refractivity contribution in [1.29, 1.82) is 0 Å². The number of anilines is 1. The zero-order valence-corrected chi connectivity index (χ0v) is 12.2. The Morgan fingerprint density at radius 1 is 1.45 bits per heavy atom. The van der Waals surface area contributed by atoms with Crippen molar-refractivity contribution in [2.45, 2.75) is 24.9 Å². The van der Waals surface area contributed by atoms with Gasteiger partial charge in [0, 0.05) is 12.6 Å². The van der Waals surface area contributed by atoms with Crippen LogP contribution in [0.1, 0.15) is 12.8 Å². The Labute approximate surface area is 126 Å². The van der Waals surface area contributed by atoms with Crippen LogP contribution in [-0.4, -0.2) is 47.7 Å². The molecule has 2 aliphatic rings. The molecule has 108 valence electrons. The number of carbonyl (C=O) groups excluding carboxylic acids is 1. The van der Waals surface area contributed by atoms with Gasteiger partial charge in [0.15, 0.2) is 5.82 Å². The second kappa shape index (κ2) is 5.71. The van der Waals surface area contributed by atoms with Crippen molar-refractivity contribution in [1.82, 2.24) is 15.3 Å². The number of nitrogens with one attached hydrogen (secondary N) is 1. The molecule has 3 rings (SSSR count). The number of hydrogen-bond donors (Lipinski definition) is 1. The molecule has 1 aliphatic carbocycles. The average Bonchev–Trinajstić information content (AvgIpc) is 3.25. The minimum absolute atomic E-state index is 0.0574. The first-order chi connectivity index (χ1) is 9.65. The summed E-state index contributed by atoms with van der Waals surface area (Å²) in [6, 6.07) is -0.136. The zero-order chi connectivity index (χ0) is 14.1. The van der Waals surface area contributed by atoms with Gasteiger partial charge in [-0.05, 0) is 24.4 Å².